The Balaban J connectivity index is 1.23. The van der Waals surface area contributed by atoms with Gasteiger partial charge in [0, 0.05) is 36.7 Å². The topological polar surface area (TPSA) is 125 Å². The second-order valence-electron chi connectivity index (χ2n) is 8.59. The van der Waals surface area contributed by atoms with E-state index < -0.39 is 30.1 Å². The van der Waals surface area contributed by atoms with Gasteiger partial charge in [-0.2, -0.15) is 5.10 Å². The van der Waals surface area contributed by atoms with Gasteiger partial charge < -0.3 is 20.4 Å². The van der Waals surface area contributed by atoms with Gasteiger partial charge in [-0.25, -0.2) is 9.67 Å². The van der Waals surface area contributed by atoms with Crippen molar-refractivity contribution in [2.45, 2.75) is 44.1 Å². The van der Waals surface area contributed by atoms with Crippen molar-refractivity contribution < 1.29 is 19.8 Å². The van der Waals surface area contributed by atoms with Crippen molar-refractivity contribution in [3.8, 4) is 5.69 Å². The van der Waals surface area contributed by atoms with Crippen LogP contribution >= 0.6 is 11.3 Å². The van der Waals surface area contributed by atoms with Gasteiger partial charge in [0.05, 0.1) is 23.5 Å². The minimum absolute atomic E-state index is 0.248. The van der Waals surface area contributed by atoms with Crippen LogP contribution in [0.1, 0.15) is 43.1 Å². The molecule has 4 aromatic rings. The number of thiazole rings is 1. The summed E-state index contributed by atoms with van der Waals surface area (Å²) < 4.78 is 3.65. The molecule has 4 atom stereocenters. The number of nitrogens with one attached hydrogen (secondary N) is 1. The van der Waals surface area contributed by atoms with Crippen molar-refractivity contribution in [1.82, 2.24) is 29.4 Å². The third-order valence-corrected chi connectivity index (χ3v) is 7.26. The molecule has 1 aliphatic heterocycles. The van der Waals surface area contributed by atoms with Crippen LogP contribution in [-0.4, -0.2) is 64.8 Å². The number of hydrogen-bond acceptors (Lipinski definition) is 7. The van der Waals surface area contributed by atoms with Crippen LogP contribution in [0.25, 0.3) is 10.6 Å². The SMILES string of the molecule is C[C@@H](NC(=O)[C@H](O)[C@@H](O)C(=O)N1CCC[C@@H]1c1csc2nccn12)c1ccc(-n2cccn2)cc1. The number of nitrogens with zero attached hydrogens (tertiary/aromatic N) is 5. The Morgan fingerprint density at radius 1 is 1.14 bits per heavy atom. The van der Waals surface area contributed by atoms with Gasteiger partial charge in [0.1, 0.15) is 0 Å². The summed E-state index contributed by atoms with van der Waals surface area (Å²) in [6.45, 7) is 2.21. The molecule has 1 saturated heterocycles. The van der Waals surface area contributed by atoms with Crippen molar-refractivity contribution in [3.63, 3.8) is 0 Å². The van der Waals surface area contributed by atoms with Crippen LogP contribution < -0.4 is 5.32 Å². The molecule has 11 heteroatoms. The Morgan fingerprint density at radius 2 is 1.94 bits per heavy atom. The first-order chi connectivity index (χ1) is 16.9. The fourth-order valence-electron chi connectivity index (χ4n) is 4.49. The first-order valence-electron chi connectivity index (χ1n) is 11.4. The van der Waals surface area contributed by atoms with Gasteiger partial charge in [-0.15, -0.1) is 11.3 Å². The van der Waals surface area contributed by atoms with E-state index in [-0.39, 0.29) is 6.04 Å². The van der Waals surface area contributed by atoms with E-state index in [1.165, 1.54) is 11.3 Å². The first kappa shape index (κ1) is 23.2. The number of rotatable bonds is 7. The highest BCUT2D eigenvalue weighted by atomic mass is 32.1. The van der Waals surface area contributed by atoms with Crippen LogP contribution in [0.3, 0.4) is 0 Å². The van der Waals surface area contributed by atoms with Gasteiger partial charge >= 0.3 is 0 Å². The average molecular weight is 495 g/mol. The standard InChI is InChI=1S/C24H26N6O4S/c1-15(16-5-7-17(8-6-16)30-12-3-9-26-30)27-22(33)20(31)21(32)23(34)28-11-2-4-18(28)19-14-35-24-25-10-13-29(19)24/h3,5-10,12-15,18,20-21,31-32H,2,4,11H2,1H3,(H,27,33)/t15-,18-,20-,21-/m1/s1. The number of carbonyl (C=O) groups excluding carboxylic acids is 2. The summed E-state index contributed by atoms with van der Waals surface area (Å²) in [6, 6.07) is 8.58. The minimum atomic E-state index is -1.88. The molecule has 5 rings (SSSR count). The van der Waals surface area contributed by atoms with E-state index in [2.05, 4.69) is 15.4 Å². The summed E-state index contributed by atoms with van der Waals surface area (Å²) in [5.41, 5.74) is 2.59. The molecular formula is C24H26N6O4S. The summed E-state index contributed by atoms with van der Waals surface area (Å²) in [7, 11) is 0. The van der Waals surface area contributed by atoms with Crippen LogP contribution in [0, 0.1) is 0 Å². The maximum Gasteiger partial charge on any atom is 0.255 e. The maximum atomic E-state index is 13.1. The Morgan fingerprint density at radius 3 is 2.69 bits per heavy atom. The molecule has 3 N–H and O–H groups in total. The summed E-state index contributed by atoms with van der Waals surface area (Å²) in [5.74, 6) is -1.47. The van der Waals surface area contributed by atoms with Gasteiger partial charge in [0.2, 0.25) is 0 Å². The number of likely N-dealkylation sites (tertiary alicyclic amines) is 1. The largest absolute Gasteiger partial charge is 0.380 e. The van der Waals surface area contributed by atoms with Crippen LogP contribution in [-0.2, 0) is 9.59 Å². The summed E-state index contributed by atoms with van der Waals surface area (Å²) in [5, 5.41) is 29.9. The van der Waals surface area contributed by atoms with Gasteiger partial charge in [0.15, 0.2) is 17.2 Å². The van der Waals surface area contributed by atoms with Crippen molar-refractivity contribution in [3.05, 3.63) is 71.8 Å². The fraction of sp³-hybridized carbons (Fsp3) is 0.333. The number of aliphatic hydroxyl groups is 2. The minimum Gasteiger partial charge on any atom is -0.380 e. The van der Waals surface area contributed by atoms with Crippen LogP contribution in [0.4, 0.5) is 0 Å². The monoisotopic (exact) mass is 494 g/mol. The van der Waals surface area contributed by atoms with Crippen molar-refractivity contribution in [1.29, 1.82) is 0 Å². The molecule has 1 aromatic carbocycles. The predicted molar refractivity (Wildman–Crippen MR) is 129 cm³/mol. The summed E-state index contributed by atoms with van der Waals surface area (Å²) in [4.78, 5) is 32.4. The van der Waals surface area contributed by atoms with Crippen LogP contribution in [0.5, 0.6) is 0 Å². The second-order valence-corrected chi connectivity index (χ2v) is 9.43. The van der Waals surface area contributed by atoms with Crippen molar-refractivity contribution in [2.24, 2.45) is 0 Å². The summed E-state index contributed by atoms with van der Waals surface area (Å²) in [6.07, 6.45) is 4.81. The number of aliphatic hydroxyl groups excluding tert-OH is 2. The number of benzene rings is 1. The number of imidazole rings is 1. The Hall–Kier alpha value is -3.54. The number of carbonyl (C=O) groups is 2. The fourth-order valence-corrected chi connectivity index (χ4v) is 5.39. The molecule has 0 unspecified atom stereocenters. The van der Waals surface area contributed by atoms with E-state index >= 15 is 0 Å². The van der Waals surface area contributed by atoms with E-state index in [1.807, 2.05) is 52.5 Å². The zero-order chi connectivity index (χ0) is 24.5. The Kier molecular flexibility index (Phi) is 6.37. The third kappa shape index (κ3) is 4.45. The van der Waals surface area contributed by atoms with E-state index in [1.54, 1.807) is 28.9 Å². The van der Waals surface area contributed by atoms with Gasteiger partial charge in [-0.1, -0.05) is 12.1 Å². The third-order valence-electron chi connectivity index (χ3n) is 6.39. The molecule has 10 nitrogen and oxygen atoms in total. The maximum absolute atomic E-state index is 13.1. The van der Waals surface area contributed by atoms with Gasteiger partial charge in [-0.3, -0.25) is 14.0 Å². The molecule has 1 fully saturated rings. The van der Waals surface area contributed by atoms with E-state index in [0.29, 0.717) is 6.54 Å². The lowest BCUT2D eigenvalue weighted by atomic mass is 10.1. The number of aromatic nitrogens is 4. The molecule has 0 saturated carbocycles. The van der Waals surface area contributed by atoms with Crippen LogP contribution in [0.15, 0.2) is 60.5 Å². The highest BCUT2D eigenvalue weighted by molar-refractivity contribution is 7.15. The molecule has 0 radical (unpaired) electrons. The zero-order valence-corrected chi connectivity index (χ0v) is 19.9. The van der Waals surface area contributed by atoms with E-state index in [0.717, 1.165) is 34.7 Å². The van der Waals surface area contributed by atoms with Gasteiger partial charge in [0.25, 0.3) is 11.8 Å². The number of fused-ring (bicyclic) bond motifs is 1. The number of amides is 2. The summed E-state index contributed by atoms with van der Waals surface area (Å²) >= 11 is 1.48. The van der Waals surface area contributed by atoms with E-state index in [4.69, 9.17) is 0 Å². The highest BCUT2D eigenvalue weighted by Gasteiger charge is 2.39. The van der Waals surface area contributed by atoms with Crippen molar-refractivity contribution >= 4 is 28.1 Å². The average Bonchev–Trinajstić information content (AvgIpc) is 3.67. The molecule has 1 aliphatic rings. The molecule has 4 heterocycles. The lowest BCUT2D eigenvalue weighted by Crippen LogP contribution is -2.51. The predicted octanol–water partition coefficient (Wildman–Crippen LogP) is 1.84. The molecule has 35 heavy (non-hydrogen) atoms. The molecule has 0 aliphatic carbocycles. The first-order valence-corrected chi connectivity index (χ1v) is 12.3. The molecule has 3 aromatic heterocycles. The molecule has 0 bridgehead atoms. The van der Waals surface area contributed by atoms with Crippen molar-refractivity contribution in [2.75, 3.05) is 6.54 Å². The lowest BCUT2D eigenvalue weighted by Gasteiger charge is -2.28. The Labute approximate surface area is 205 Å². The zero-order valence-electron chi connectivity index (χ0n) is 19.1. The number of hydrogen-bond donors (Lipinski definition) is 3. The quantitative estimate of drug-likeness (QED) is 0.360. The Bertz CT molecular complexity index is 1320. The van der Waals surface area contributed by atoms with E-state index in [9.17, 15) is 19.8 Å². The smallest absolute Gasteiger partial charge is 0.255 e. The highest BCUT2D eigenvalue weighted by Crippen LogP contribution is 2.34. The normalized spacial score (nSPS) is 18.5. The second kappa shape index (κ2) is 9.61. The lowest BCUT2D eigenvalue weighted by molar-refractivity contribution is -0.154. The molecule has 182 valence electrons. The molecular weight excluding hydrogens is 468 g/mol. The van der Waals surface area contributed by atoms with Crippen LogP contribution in [0.2, 0.25) is 0 Å². The molecule has 2 amide bonds. The van der Waals surface area contributed by atoms with Gasteiger partial charge in [-0.05, 0) is 43.5 Å². The molecule has 0 spiro atoms.